The number of likely N-dealkylation sites (tertiary alicyclic amines) is 1. The smallest absolute Gasteiger partial charge is 0.410 e. The third-order valence-corrected chi connectivity index (χ3v) is 9.89. The molecule has 272 valence electrons. The number of alkyl halides is 3. The van der Waals surface area contributed by atoms with Gasteiger partial charge in [-0.2, -0.15) is 13.2 Å². The van der Waals surface area contributed by atoms with E-state index in [1.807, 2.05) is 31.7 Å². The maximum Gasteiger partial charge on any atom is 0.410 e. The second-order valence-corrected chi connectivity index (χ2v) is 15.7. The molecule has 1 atom stereocenters. The molecule has 1 aliphatic heterocycles. The molecule has 0 spiro atoms. The van der Waals surface area contributed by atoms with Crippen LogP contribution in [0.4, 0.5) is 23.8 Å². The summed E-state index contributed by atoms with van der Waals surface area (Å²) in [5, 5.41) is 7.50. The highest BCUT2D eigenvalue weighted by Crippen LogP contribution is 2.59. The van der Waals surface area contributed by atoms with Gasteiger partial charge in [0.1, 0.15) is 16.6 Å². The topological polar surface area (TPSA) is 124 Å². The number of pyridine rings is 2. The maximum absolute atomic E-state index is 13.1. The molecule has 4 heterocycles. The lowest BCUT2D eigenvalue weighted by Crippen LogP contribution is -2.45. The highest BCUT2D eigenvalue weighted by molar-refractivity contribution is 7.98. The zero-order valence-electron chi connectivity index (χ0n) is 28.8. The Bertz CT molecular complexity index is 1680. The molecular formula is C34H43ClF3N7O4S. The Morgan fingerprint density at radius 1 is 1.14 bits per heavy atom. The summed E-state index contributed by atoms with van der Waals surface area (Å²) in [6, 6.07) is 8.20. The van der Waals surface area contributed by atoms with Gasteiger partial charge in [-0.05, 0) is 115 Å². The van der Waals surface area contributed by atoms with Gasteiger partial charge in [0.15, 0.2) is 5.82 Å². The fraction of sp³-hybridized carbons (Fsp3) is 0.559. The van der Waals surface area contributed by atoms with E-state index in [-0.39, 0.29) is 54.1 Å². The van der Waals surface area contributed by atoms with Crippen molar-refractivity contribution in [1.82, 2.24) is 29.4 Å². The Hall–Kier alpha value is -3.72. The molecule has 3 aromatic rings. The first-order valence-corrected chi connectivity index (χ1v) is 17.7. The molecule has 0 radical (unpaired) electrons. The number of amides is 2. The Morgan fingerprint density at radius 2 is 1.90 bits per heavy atom. The van der Waals surface area contributed by atoms with E-state index in [0.717, 1.165) is 36.1 Å². The van der Waals surface area contributed by atoms with E-state index in [1.54, 1.807) is 24.5 Å². The number of carbonyl (C=O) groups excluding carboxylic acids is 2. The predicted octanol–water partition coefficient (Wildman–Crippen LogP) is 8.09. The molecule has 1 unspecified atom stereocenters. The van der Waals surface area contributed by atoms with Crippen LogP contribution in [-0.2, 0) is 4.74 Å². The van der Waals surface area contributed by atoms with Gasteiger partial charge in [-0.15, -0.1) is 5.10 Å². The van der Waals surface area contributed by atoms with Crippen molar-refractivity contribution in [2.45, 2.75) is 95.4 Å². The number of hydrogen-bond donors (Lipinski definition) is 2. The van der Waals surface area contributed by atoms with E-state index < -0.39 is 23.1 Å². The van der Waals surface area contributed by atoms with Gasteiger partial charge in [-0.1, -0.05) is 11.6 Å². The number of aromatic nitrogens is 4. The van der Waals surface area contributed by atoms with E-state index in [9.17, 15) is 22.8 Å². The van der Waals surface area contributed by atoms with E-state index in [1.165, 1.54) is 16.8 Å². The number of nitrogens with one attached hydrogen (secondary N) is 2. The van der Waals surface area contributed by atoms with Crippen molar-refractivity contribution in [2.75, 3.05) is 25.0 Å². The Labute approximate surface area is 299 Å². The SMILES string of the molecule is CC(C)(C)OC(=O)N1CC(CCCNc2cc(SNC(=O)c3ccc(-n4ccc(OCCC5(C(F)(F)F)CC5)n4)nc3Cl)ccn2)CC1(C)C. The molecule has 11 nitrogen and oxygen atoms in total. The number of anilines is 1. The van der Waals surface area contributed by atoms with Crippen LogP contribution in [0.1, 0.15) is 83.5 Å². The minimum absolute atomic E-state index is 0.0450. The Balaban J connectivity index is 1.05. The second kappa shape index (κ2) is 14.9. The third kappa shape index (κ3) is 9.53. The standard InChI is InChI=1S/C34H43ClF3N7O4S/c1-31(2,3)49-30(47)44-21-22(20-32(44,4)5)7-6-15-39-25-19-23(10-16-40-25)50-43-29(46)24-8-9-26(41-28(24)35)45-17-11-27(42-45)48-18-14-33(12-13-33)34(36,37)38/h8-11,16-17,19,22H,6-7,12-15,18,20-21H2,1-5H3,(H,39,40)(H,43,46). The fourth-order valence-electron chi connectivity index (χ4n) is 5.97. The monoisotopic (exact) mass is 737 g/mol. The minimum Gasteiger partial charge on any atom is -0.477 e. The molecule has 3 aromatic heterocycles. The van der Waals surface area contributed by atoms with Crippen LogP contribution in [0.25, 0.3) is 5.82 Å². The number of nitrogens with zero attached hydrogens (tertiary/aromatic N) is 5. The van der Waals surface area contributed by atoms with Crippen molar-refractivity contribution in [2.24, 2.45) is 11.3 Å². The maximum atomic E-state index is 13.1. The summed E-state index contributed by atoms with van der Waals surface area (Å²) in [6.07, 6.45) is 1.59. The van der Waals surface area contributed by atoms with Crippen molar-refractivity contribution in [3.63, 3.8) is 0 Å². The summed E-state index contributed by atoms with van der Waals surface area (Å²) in [5.41, 5.74) is -2.28. The summed E-state index contributed by atoms with van der Waals surface area (Å²) in [7, 11) is 0. The fourth-order valence-corrected chi connectivity index (χ4v) is 6.82. The highest BCUT2D eigenvalue weighted by Gasteiger charge is 2.62. The minimum atomic E-state index is -4.23. The van der Waals surface area contributed by atoms with Gasteiger partial charge in [0.05, 0.1) is 17.6 Å². The van der Waals surface area contributed by atoms with Gasteiger partial charge in [-0.25, -0.2) is 19.4 Å². The molecule has 16 heteroatoms. The van der Waals surface area contributed by atoms with Crippen LogP contribution in [0.2, 0.25) is 5.15 Å². The molecule has 0 bridgehead atoms. The van der Waals surface area contributed by atoms with Crippen LogP contribution >= 0.6 is 23.5 Å². The van der Waals surface area contributed by atoms with Gasteiger partial charge < -0.3 is 19.7 Å². The molecule has 2 amide bonds. The molecule has 50 heavy (non-hydrogen) atoms. The van der Waals surface area contributed by atoms with E-state index in [0.29, 0.717) is 30.6 Å². The first-order chi connectivity index (χ1) is 23.4. The van der Waals surface area contributed by atoms with Crippen LogP contribution in [0.3, 0.4) is 0 Å². The Kier molecular flexibility index (Phi) is 11.2. The molecular weight excluding hydrogens is 695 g/mol. The van der Waals surface area contributed by atoms with Gasteiger partial charge in [-0.3, -0.25) is 9.52 Å². The first kappa shape index (κ1) is 37.5. The zero-order chi connectivity index (χ0) is 36.3. The van der Waals surface area contributed by atoms with E-state index >= 15 is 0 Å². The normalized spacial score (nSPS) is 18.1. The lowest BCUT2D eigenvalue weighted by atomic mass is 9.93. The molecule has 1 saturated heterocycles. The van der Waals surface area contributed by atoms with Crippen LogP contribution in [-0.4, -0.2) is 73.7 Å². The summed E-state index contributed by atoms with van der Waals surface area (Å²) >= 11 is 7.46. The van der Waals surface area contributed by atoms with Crippen molar-refractivity contribution in [1.29, 1.82) is 0 Å². The van der Waals surface area contributed by atoms with Crippen LogP contribution in [0.5, 0.6) is 5.88 Å². The molecule has 1 aliphatic carbocycles. The molecule has 0 aromatic carbocycles. The summed E-state index contributed by atoms with van der Waals surface area (Å²) in [4.78, 5) is 36.9. The summed E-state index contributed by atoms with van der Waals surface area (Å²) in [6.45, 7) is 11.0. The van der Waals surface area contributed by atoms with Crippen LogP contribution in [0, 0.1) is 11.3 Å². The number of carbonyl (C=O) groups is 2. The lowest BCUT2D eigenvalue weighted by Gasteiger charge is -2.33. The van der Waals surface area contributed by atoms with Gasteiger partial charge in [0.2, 0.25) is 5.88 Å². The number of ether oxygens (including phenoxy) is 2. The van der Waals surface area contributed by atoms with Crippen molar-refractivity contribution in [3.05, 3.63) is 53.4 Å². The van der Waals surface area contributed by atoms with E-state index in [4.69, 9.17) is 21.1 Å². The van der Waals surface area contributed by atoms with Crippen LogP contribution < -0.4 is 14.8 Å². The van der Waals surface area contributed by atoms with Crippen molar-refractivity contribution in [3.8, 4) is 11.7 Å². The summed E-state index contributed by atoms with van der Waals surface area (Å²) < 4.78 is 54.6. The average molecular weight is 738 g/mol. The van der Waals surface area contributed by atoms with E-state index in [2.05, 4.69) is 39.0 Å². The molecule has 1 saturated carbocycles. The zero-order valence-corrected chi connectivity index (χ0v) is 30.3. The predicted molar refractivity (Wildman–Crippen MR) is 185 cm³/mol. The number of halogens is 4. The molecule has 2 aliphatic rings. The third-order valence-electron chi connectivity index (χ3n) is 8.83. The summed E-state index contributed by atoms with van der Waals surface area (Å²) in [5.74, 6) is 1.07. The first-order valence-electron chi connectivity index (χ1n) is 16.5. The molecule has 2 N–H and O–H groups in total. The largest absolute Gasteiger partial charge is 0.477 e. The van der Waals surface area contributed by atoms with Crippen molar-refractivity contribution < 1.29 is 32.2 Å². The van der Waals surface area contributed by atoms with Gasteiger partial charge >= 0.3 is 12.3 Å². The quantitative estimate of drug-likeness (QED) is 0.102. The number of rotatable bonds is 13. The molecule has 5 rings (SSSR count). The van der Waals surface area contributed by atoms with Gasteiger partial charge in [0, 0.05) is 42.0 Å². The van der Waals surface area contributed by atoms with Crippen molar-refractivity contribution >= 4 is 41.4 Å². The average Bonchev–Trinajstić information content (AvgIpc) is 3.57. The highest BCUT2D eigenvalue weighted by atomic mass is 35.5. The second-order valence-electron chi connectivity index (χ2n) is 14.4. The van der Waals surface area contributed by atoms with Gasteiger partial charge in [0.25, 0.3) is 5.91 Å². The Morgan fingerprint density at radius 3 is 2.58 bits per heavy atom. The van der Waals surface area contributed by atoms with Crippen LogP contribution in [0.15, 0.2) is 47.6 Å². The lowest BCUT2D eigenvalue weighted by molar-refractivity contribution is -0.190. The molecule has 2 fully saturated rings. The number of hydrogen-bond acceptors (Lipinski definition) is 9.